The number of para-hydroxylation sites is 2. The van der Waals surface area contributed by atoms with E-state index in [2.05, 4.69) is 41.8 Å². The fraction of sp³-hybridized carbons (Fsp3) is 0.500. The lowest BCUT2D eigenvalue weighted by Gasteiger charge is -2.15. The monoisotopic (exact) mass is 246 g/mol. The second kappa shape index (κ2) is 5.50. The Kier molecular flexibility index (Phi) is 3.99. The van der Waals surface area contributed by atoms with Crippen molar-refractivity contribution in [2.45, 2.75) is 26.4 Å². The van der Waals surface area contributed by atoms with Crippen LogP contribution < -0.4 is 11.1 Å². The molecule has 1 unspecified atom stereocenters. The number of imidazole rings is 1. The fourth-order valence-electron chi connectivity index (χ4n) is 1.94. The largest absolute Gasteiger partial charge is 0.330 e. The summed E-state index contributed by atoms with van der Waals surface area (Å²) < 4.78 is 2.13. The number of hydrogen-bond acceptors (Lipinski definition) is 3. The second-order valence-corrected chi connectivity index (χ2v) is 5.11. The van der Waals surface area contributed by atoms with Gasteiger partial charge in [0.05, 0.1) is 17.6 Å². The molecule has 4 nitrogen and oxygen atoms in total. The van der Waals surface area contributed by atoms with E-state index in [1.807, 2.05) is 18.2 Å². The molecule has 0 aliphatic rings. The molecule has 1 aromatic heterocycles. The molecule has 0 radical (unpaired) electrons. The van der Waals surface area contributed by atoms with Gasteiger partial charge in [-0.3, -0.25) is 0 Å². The molecule has 1 atom stereocenters. The molecular weight excluding hydrogens is 224 g/mol. The van der Waals surface area contributed by atoms with E-state index >= 15 is 0 Å². The smallest absolute Gasteiger partial charge is 0.123 e. The molecule has 1 aromatic carbocycles. The molecule has 4 heteroatoms. The van der Waals surface area contributed by atoms with E-state index in [4.69, 9.17) is 5.73 Å². The van der Waals surface area contributed by atoms with Crippen LogP contribution in [0.5, 0.6) is 0 Å². The zero-order valence-corrected chi connectivity index (χ0v) is 11.4. The lowest BCUT2D eigenvalue weighted by molar-refractivity contribution is 0.454. The number of hydrogen-bond donors (Lipinski definition) is 2. The van der Waals surface area contributed by atoms with Gasteiger partial charge >= 0.3 is 0 Å². The first-order valence-electron chi connectivity index (χ1n) is 6.46. The number of nitrogens with two attached hydrogens (primary N) is 1. The van der Waals surface area contributed by atoms with Gasteiger partial charge in [-0.1, -0.05) is 26.0 Å². The van der Waals surface area contributed by atoms with Crippen LogP contribution in [0.15, 0.2) is 24.3 Å². The minimum Gasteiger partial charge on any atom is -0.330 e. The topological polar surface area (TPSA) is 55.9 Å². The van der Waals surface area contributed by atoms with Crippen molar-refractivity contribution in [1.82, 2.24) is 14.9 Å². The highest BCUT2D eigenvalue weighted by molar-refractivity contribution is 5.75. The Bertz CT molecular complexity index is 515. The maximum atomic E-state index is 6.00. The first-order valence-corrected chi connectivity index (χ1v) is 6.46. The van der Waals surface area contributed by atoms with E-state index in [1.165, 1.54) is 5.52 Å². The summed E-state index contributed by atoms with van der Waals surface area (Å²) in [5.41, 5.74) is 8.22. The summed E-state index contributed by atoms with van der Waals surface area (Å²) in [6, 6.07) is 8.38. The van der Waals surface area contributed by atoms with Gasteiger partial charge in [-0.05, 0) is 18.1 Å². The number of benzene rings is 1. The van der Waals surface area contributed by atoms with E-state index in [9.17, 15) is 0 Å². The summed E-state index contributed by atoms with van der Waals surface area (Å²) >= 11 is 0. The lowest BCUT2D eigenvalue weighted by atomic mass is 10.1. The predicted molar refractivity (Wildman–Crippen MR) is 75.2 cm³/mol. The molecule has 0 saturated carbocycles. The van der Waals surface area contributed by atoms with Crippen molar-refractivity contribution in [3.05, 3.63) is 30.1 Å². The van der Waals surface area contributed by atoms with Gasteiger partial charge in [0.25, 0.3) is 0 Å². The van der Waals surface area contributed by atoms with Gasteiger partial charge in [0.2, 0.25) is 0 Å². The molecule has 98 valence electrons. The molecule has 1 heterocycles. The lowest BCUT2D eigenvalue weighted by Crippen LogP contribution is -2.37. The molecule has 0 bridgehead atoms. The first-order chi connectivity index (χ1) is 8.59. The third-order valence-corrected chi connectivity index (χ3v) is 3.40. The predicted octanol–water partition coefficient (Wildman–Crippen LogP) is 1.65. The third-order valence-electron chi connectivity index (χ3n) is 3.40. The van der Waals surface area contributed by atoms with Gasteiger partial charge < -0.3 is 15.6 Å². The first kappa shape index (κ1) is 13.1. The number of nitrogens with zero attached hydrogens (tertiary/aromatic N) is 2. The van der Waals surface area contributed by atoms with Crippen LogP contribution in [0.4, 0.5) is 0 Å². The van der Waals surface area contributed by atoms with E-state index in [0.29, 0.717) is 5.92 Å². The molecule has 0 saturated heterocycles. The van der Waals surface area contributed by atoms with Gasteiger partial charge in [0, 0.05) is 19.6 Å². The van der Waals surface area contributed by atoms with Crippen molar-refractivity contribution >= 4 is 11.0 Å². The van der Waals surface area contributed by atoms with Crippen LogP contribution in [0.3, 0.4) is 0 Å². The molecule has 2 rings (SSSR count). The quantitative estimate of drug-likeness (QED) is 0.843. The Balaban J connectivity index is 2.02. The normalized spacial score (nSPS) is 13.4. The van der Waals surface area contributed by atoms with Crippen molar-refractivity contribution in [3.8, 4) is 0 Å². The van der Waals surface area contributed by atoms with Gasteiger partial charge in [0.15, 0.2) is 0 Å². The summed E-state index contributed by atoms with van der Waals surface area (Å²) in [4.78, 5) is 4.61. The highest BCUT2D eigenvalue weighted by Gasteiger charge is 2.09. The van der Waals surface area contributed by atoms with Crippen LogP contribution >= 0.6 is 0 Å². The molecule has 0 aliphatic heterocycles. The molecule has 0 spiro atoms. The van der Waals surface area contributed by atoms with Crippen LogP contribution in [-0.4, -0.2) is 22.1 Å². The van der Waals surface area contributed by atoms with Crippen molar-refractivity contribution in [2.75, 3.05) is 6.54 Å². The van der Waals surface area contributed by atoms with E-state index < -0.39 is 0 Å². The average Bonchev–Trinajstić information content (AvgIpc) is 2.67. The van der Waals surface area contributed by atoms with Crippen LogP contribution in [0.25, 0.3) is 11.0 Å². The SMILES string of the molecule is CC(C)C(N)CNCc1nc2ccccc2n1C. The number of rotatable bonds is 5. The van der Waals surface area contributed by atoms with Crippen LogP contribution in [0.2, 0.25) is 0 Å². The van der Waals surface area contributed by atoms with E-state index in [0.717, 1.165) is 24.4 Å². The van der Waals surface area contributed by atoms with Gasteiger partial charge in [-0.2, -0.15) is 0 Å². The summed E-state index contributed by atoms with van der Waals surface area (Å²) in [6.07, 6.45) is 0. The Morgan fingerprint density at radius 2 is 2.06 bits per heavy atom. The Labute approximate surface area is 108 Å². The number of fused-ring (bicyclic) bond motifs is 1. The fourth-order valence-corrected chi connectivity index (χ4v) is 1.94. The summed E-state index contributed by atoms with van der Waals surface area (Å²) in [5.74, 6) is 1.55. The van der Waals surface area contributed by atoms with Crippen molar-refractivity contribution in [3.63, 3.8) is 0 Å². The van der Waals surface area contributed by atoms with Gasteiger partial charge in [0.1, 0.15) is 5.82 Å². The highest BCUT2D eigenvalue weighted by atomic mass is 15.1. The molecule has 0 amide bonds. The number of nitrogens with one attached hydrogen (secondary N) is 1. The second-order valence-electron chi connectivity index (χ2n) is 5.11. The zero-order valence-electron chi connectivity index (χ0n) is 11.4. The highest BCUT2D eigenvalue weighted by Crippen LogP contribution is 2.13. The van der Waals surface area contributed by atoms with Gasteiger partial charge in [-0.25, -0.2) is 4.98 Å². The maximum Gasteiger partial charge on any atom is 0.123 e. The summed E-state index contributed by atoms with van der Waals surface area (Å²) in [5, 5.41) is 3.38. The van der Waals surface area contributed by atoms with E-state index in [1.54, 1.807) is 0 Å². The van der Waals surface area contributed by atoms with E-state index in [-0.39, 0.29) is 6.04 Å². The van der Waals surface area contributed by atoms with Crippen LogP contribution in [-0.2, 0) is 13.6 Å². The Hall–Kier alpha value is -1.39. The van der Waals surface area contributed by atoms with Crippen LogP contribution in [0.1, 0.15) is 19.7 Å². The molecule has 3 N–H and O–H groups in total. The van der Waals surface area contributed by atoms with Crippen molar-refractivity contribution in [1.29, 1.82) is 0 Å². The zero-order chi connectivity index (χ0) is 13.1. The number of aromatic nitrogens is 2. The molecule has 18 heavy (non-hydrogen) atoms. The number of aryl methyl sites for hydroxylation is 1. The standard InChI is InChI=1S/C14H22N4/c1-10(2)11(15)8-16-9-14-17-12-6-4-5-7-13(12)18(14)3/h4-7,10-11,16H,8-9,15H2,1-3H3. The van der Waals surface area contributed by atoms with Crippen molar-refractivity contribution < 1.29 is 0 Å². The Morgan fingerprint density at radius 1 is 1.33 bits per heavy atom. The molecule has 0 fully saturated rings. The van der Waals surface area contributed by atoms with Crippen molar-refractivity contribution in [2.24, 2.45) is 18.7 Å². The minimum absolute atomic E-state index is 0.194. The Morgan fingerprint density at radius 3 is 2.72 bits per heavy atom. The third kappa shape index (κ3) is 2.71. The minimum atomic E-state index is 0.194. The summed E-state index contributed by atoms with van der Waals surface area (Å²) in [6.45, 7) is 5.86. The van der Waals surface area contributed by atoms with Gasteiger partial charge in [-0.15, -0.1) is 0 Å². The maximum absolute atomic E-state index is 6.00. The van der Waals surface area contributed by atoms with Crippen LogP contribution in [0, 0.1) is 5.92 Å². The molecular formula is C14H22N4. The average molecular weight is 246 g/mol. The summed E-state index contributed by atoms with van der Waals surface area (Å²) in [7, 11) is 2.05. The molecule has 2 aromatic rings. The molecule has 0 aliphatic carbocycles.